The Morgan fingerprint density at radius 1 is 1.37 bits per heavy atom. The van der Waals surface area contributed by atoms with Crippen molar-refractivity contribution in [2.75, 3.05) is 12.8 Å². The SMILES string of the molecule is CNCc1ccsc1CC(=O)NC1C(=O)N2C(C(=O)O)=C(C(CC(=O)O)Sc3nnn[nH]3)CS[C@@H]12. The first-order valence-corrected chi connectivity index (χ1v) is 13.1. The minimum atomic E-state index is -1.34. The number of H-pyrrole nitrogens is 1. The third kappa shape index (κ3) is 5.34. The van der Waals surface area contributed by atoms with Gasteiger partial charge in [0.1, 0.15) is 17.1 Å². The van der Waals surface area contributed by atoms with E-state index < -0.39 is 34.5 Å². The van der Waals surface area contributed by atoms with Crippen LogP contribution in [-0.4, -0.2) is 89.0 Å². The van der Waals surface area contributed by atoms with Gasteiger partial charge in [0.05, 0.1) is 12.8 Å². The summed E-state index contributed by atoms with van der Waals surface area (Å²) in [7, 11) is 1.81. The van der Waals surface area contributed by atoms with Crippen molar-refractivity contribution in [1.29, 1.82) is 0 Å². The number of thioether (sulfide) groups is 2. The highest BCUT2D eigenvalue weighted by Gasteiger charge is 2.55. The quantitative estimate of drug-likeness (QED) is 0.188. The summed E-state index contributed by atoms with van der Waals surface area (Å²) in [6.45, 7) is 0.621. The number of carbonyl (C=O) groups is 4. The van der Waals surface area contributed by atoms with Crippen LogP contribution >= 0.6 is 34.9 Å². The van der Waals surface area contributed by atoms with Gasteiger partial charge in [0, 0.05) is 22.4 Å². The van der Waals surface area contributed by atoms with E-state index >= 15 is 0 Å². The first-order valence-electron chi connectivity index (χ1n) is 10.3. The maximum Gasteiger partial charge on any atom is 0.352 e. The van der Waals surface area contributed by atoms with E-state index in [1.807, 2.05) is 18.5 Å². The summed E-state index contributed by atoms with van der Waals surface area (Å²) < 4.78 is 0. The van der Waals surface area contributed by atoms with Crippen LogP contribution < -0.4 is 10.6 Å². The molecule has 0 spiro atoms. The van der Waals surface area contributed by atoms with Gasteiger partial charge in [0.2, 0.25) is 11.1 Å². The summed E-state index contributed by atoms with van der Waals surface area (Å²) in [4.78, 5) is 51.3. The third-order valence-electron chi connectivity index (χ3n) is 5.37. The lowest BCUT2D eigenvalue weighted by Crippen LogP contribution is -2.70. The Labute approximate surface area is 211 Å². The Kier molecular flexibility index (Phi) is 7.73. The van der Waals surface area contributed by atoms with Crippen LogP contribution in [0.5, 0.6) is 0 Å². The normalized spacial score (nSPS) is 20.3. The lowest BCUT2D eigenvalue weighted by atomic mass is 10.00. The second-order valence-corrected chi connectivity index (χ2v) is 10.9. The van der Waals surface area contributed by atoms with Gasteiger partial charge in [-0.1, -0.05) is 11.8 Å². The smallest absolute Gasteiger partial charge is 0.352 e. The summed E-state index contributed by atoms with van der Waals surface area (Å²) in [6, 6.07) is 1.07. The van der Waals surface area contributed by atoms with E-state index in [0.29, 0.717) is 6.54 Å². The predicted octanol–water partition coefficient (Wildman–Crippen LogP) is -0.103. The number of hydrogen-bond donors (Lipinski definition) is 5. The summed E-state index contributed by atoms with van der Waals surface area (Å²) in [5.74, 6) is -3.18. The molecule has 5 N–H and O–H groups in total. The number of carboxylic acid groups (broad SMARTS) is 2. The number of carboxylic acids is 2. The fourth-order valence-electron chi connectivity index (χ4n) is 3.86. The van der Waals surface area contributed by atoms with Crippen molar-refractivity contribution in [3.63, 3.8) is 0 Å². The van der Waals surface area contributed by atoms with Crippen molar-refractivity contribution < 1.29 is 29.4 Å². The largest absolute Gasteiger partial charge is 0.481 e. The zero-order chi connectivity index (χ0) is 25.1. The molecule has 0 radical (unpaired) electrons. The topological polar surface area (TPSA) is 190 Å². The molecule has 2 unspecified atom stereocenters. The van der Waals surface area contributed by atoms with Crippen LogP contribution in [-0.2, 0) is 32.1 Å². The molecule has 2 aliphatic heterocycles. The van der Waals surface area contributed by atoms with Crippen LogP contribution in [0.25, 0.3) is 0 Å². The molecule has 2 amide bonds. The van der Waals surface area contributed by atoms with Gasteiger partial charge in [0.25, 0.3) is 5.91 Å². The summed E-state index contributed by atoms with van der Waals surface area (Å²) in [5.41, 5.74) is 1.03. The van der Waals surface area contributed by atoms with E-state index in [1.165, 1.54) is 23.1 Å². The Balaban J connectivity index is 1.51. The molecule has 35 heavy (non-hydrogen) atoms. The molecule has 0 bridgehead atoms. The first kappa shape index (κ1) is 25.2. The van der Waals surface area contributed by atoms with Gasteiger partial charge in [-0.25, -0.2) is 9.89 Å². The highest BCUT2D eigenvalue weighted by Crippen LogP contribution is 2.44. The van der Waals surface area contributed by atoms with Gasteiger partial charge in [-0.3, -0.25) is 19.3 Å². The zero-order valence-corrected chi connectivity index (χ0v) is 20.7. The minimum absolute atomic E-state index is 0.116. The molecule has 3 atom stereocenters. The molecule has 4 heterocycles. The standard InChI is InChI=1S/C19H21N7O6S3/c1-20-6-8-2-3-33-10(8)4-12(27)21-14-16(30)26-15(18(31)32)9(7-34-17(14)26)11(5-13(28)29)35-19-22-24-25-23-19/h2-3,11,14,17,20H,4-7H2,1H3,(H,21,27)(H,28,29)(H,31,32)(H,22,23,24,25)/t11?,14?,17-/m0/s1. The van der Waals surface area contributed by atoms with E-state index in [4.69, 9.17) is 0 Å². The molecule has 0 saturated carbocycles. The van der Waals surface area contributed by atoms with Crippen LogP contribution in [0.1, 0.15) is 16.9 Å². The summed E-state index contributed by atoms with van der Waals surface area (Å²) in [5, 5.41) is 38.9. The predicted molar refractivity (Wildman–Crippen MR) is 127 cm³/mol. The van der Waals surface area contributed by atoms with Crippen LogP contribution in [0.2, 0.25) is 0 Å². The number of amides is 2. The maximum absolute atomic E-state index is 13.0. The number of aromatic nitrogens is 4. The summed E-state index contributed by atoms with van der Waals surface area (Å²) in [6.07, 6.45) is -0.272. The van der Waals surface area contributed by atoms with Crippen molar-refractivity contribution in [1.82, 2.24) is 36.2 Å². The molecule has 0 aromatic carbocycles. The van der Waals surface area contributed by atoms with Crippen LogP contribution in [0.4, 0.5) is 0 Å². The molecule has 16 heteroatoms. The van der Waals surface area contributed by atoms with Gasteiger partial charge in [-0.05, 0) is 40.1 Å². The number of thiophene rings is 1. The number of tetrazole rings is 1. The van der Waals surface area contributed by atoms with E-state index in [9.17, 15) is 29.4 Å². The van der Waals surface area contributed by atoms with E-state index in [0.717, 1.165) is 27.1 Å². The number of aromatic amines is 1. The number of nitrogens with one attached hydrogen (secondary N) is 3. The van der Waals surface area contributed by atoms with Crippen LogP contribution in [0, 0.1) is 0 Å². The Morgan fingerprint density at radius 3 is 2.83 bits per heavy atom. The van der Waals surface area contributed by atoms with E-state index in [-0.39, 0.29) is 40.9 Å². The number of aliphatic carboxylic acids is 2. The van der Waals surface area contributed by atoms with Gasteiger partial charge in [-0.15, -0.1) is 28.2 Å². The number of hydrogen-bond acceptors (Lipinski definition) is 11. The van der Waals surface area contributed by atoms with E-state index in [1.54, 1.807) is 0 Å². The fourth-order valence-corrected chi connectivity index (χ4v) is 7.30. The lowest BCUT2D eigenvalue weighted by Gasteiger charge is -2.50. The number of β-lactam (4-membered cyclic amide) rings is 1. The molecule has 1 fully saturated rings. The van der Waals surface area contributed by atoms with Gasteiger partial charge in [-0.2, -0.15) is 0 Å². The molecule has 2 aliphatic rings. The second kappa shape index (κ2) is 10.8. The highest BCUT2D eigenvalue weighted by atomic mass is 32.2. The molecule has 2 aromatic heterocycles. The van der Waals surface area contributed by atoms with Gasteiger partial charge in [0.15, 0.2) is 0 Å². The molecule has 4 rings (SSSR count). The monoisotopic (exact) mass is 539 g/mol. The molecule has 13 nitrogen and oxygen atoms in total. The fraction of sp³-hybridized carbons (Fsp3) is 0.421. The molecular formula is C19H21N7O6S3. The van der Waals surface area contributed by atoms with Crippen molar-refractivity contribution in [3.05, 3.63) is 33.2 Å². The number of carbonyl (C=O) groups excluding carboxylic acids is 2. The zero-order valence-electron chi connectivity index (χ0n) is 18.3. The average Bonchev–Trinajstić information content (AvgIpc) is 3.48. The highest BCUT2D eigenvalue weighted by molar-refractivity contribution is 8.01. The van der Waals surface area contributed by atoms with Crippen molar-refractivity contribution in [3.8, 4) is 0 Å². The Bertz CT molecular complexity index is 1170. The first-order chi connectivity index (χ1) is 16.8. The van der Waals surface area contributed by atoms with Crippen LogP contribution in [0.3, 0.4) is 0 Å². The van der Waals surface area contributed by atoms with Crippen molar-refractivity contribution in [2.24, 2.45) is 0 Å². The molecular weight excluding hydrogens is 518 g/mol. The summed E-state index contributed by atoms with van der Waals surface area (Å²) >= 11 is 3.71. The Morgan fingerprint density at radius 2 is 2.17 bits per heavy atom. The average molecular weight is 540 g/mol. The number of nitrogens with zero attached hydrogens (tertiary/aromatic N) is 4. The molecule has 1 saturated heterocycles. The van der Waals surface area contributed by atoms with Gasteiger partial charge < -0.3 is 20.8 Å². The second-order valence-electron chi connectivity index (χ2n) is 7.62. The lowest BCUT2D eigenvalue weighted by molar-refractivity contribution is -0.150. The van der Waals surface area contributed by atoms with Crippen molar-refractivity contribution in [2.45, 2.75) is 41.2 Å². The number of rotatable bonds is 11. The van der Waals surface area contributed by atoms with Crippen molar-refractivity contribution >= 4 is 58.6 Å². The third-order valence-corrected chi connectivity index (χ3v) is 8.77. The molecule has 186 valence electrons. The number of fused-ring (bicyclic) bond motifs is 1. The molecule has 2 aromatic rings. The maximum atomic E-state index is 13.0. The molecule has 0 aliphatic carbocycles. The van der Waals surface area contributed by atoms with Gasteiger partial charge >= 0.3 is 11.9 Å². The van der Waals surface area contributed by atoms with E-state index in [2.05, 4.69) is 31.3 Å². The Hall–Kier alpha value is -2.95. The minimum Gasteiger partial charge on any atom is -0.481 e. The van der Waals surface area contributed by atoms with Crippen LogP contribution in [0.15, 0.2) is 27.9 Å².